The van der Waals surface area contributed by atoms with Gasteiger partial charge in [-0.05, 0) is 37.1 Å². The van der Waals surface area contributed by atoms with Gasteiger partial charge in [0.05, 0.1) is 5.41 Å². The maximum atomic E-state index is 12.5. The molecule has 1 N–H and O–H groups in total. The van der Waals surface area contributed by atoms with Gasteiger partial charge >= 0.3 is 0 Å². The van der Waals surface area contributed by atoms with Crippen LogP contribution in [0, 0.1) is 5.41 Å². The summed E-state index contributed by atoms with van der Waals surface area (Å²) < 4.78 is 5.63. The Balaban J connectivity index is 1.54. The number of likely N-dealkylation sites (N-methyl/N-ethyl adjacent to an activating group) is 1. The van der Waals surface area contributed by atoms with Gasteiger partial charge in [0.2, 0.25) is 17.6 Å². The van der Waals surface area contributed by atoms with Crippen LogP contribution in [0.25, 0.3) is 11.4 Å². The molecule has 2 aromatic heterocycles. The lowest BCUT2D eigenvalue weighted by molar-refractivity contribution is -0.127. The summed E-state index contributed by atoms with van der Waals surface area (Å²) in [7, 11) is 3.84. The lowest BCUT2D eigenvalue weighted by Gasteiger charge is -2.55. The van der Waals surface area contributed by atoms with Crippen molar-refractivity contribution in [1.29, 1.82) is 0 Å². The standard InChI is InChI=1S/C28H35N5O3/c1-18(2)19-7-9-21(10-8-19)28(35,27(4)16-32(5)17-27)22-11-20(13-29-14-22)24-30-25(36-31-24)26(3)12-23(34)33(6)15-26/h7-11,13-14,18,35H,12,15-17H2,1-6H3/t26-,28?/m1/s1. The smallest absolute Gasteiger partial charge is 0.235 e. The summed E-state index contributed by atoms with van der Waals surface area (Å²) >= 11 is 0. The zero-order valence-corrected chi connectivity index (χ0v) is 21.9. The second-order valence-corrected chi connectivity index (χ2v) is 11.6. The molecule has 0 bridgehead atoms. The van der Waals surface area contributed by atoms with Crippen LogP contribution in [0.2, 0.25) is 0 Å². The van der Waals surface area contributed by atoms with Crippen molar-refractivity contribution in [3.8, 4) is 11.4 Å². The third kappa shape index (κ3) is 3.83. The van der Waals surface area contributed by atoms with Crippen LogP contribution in [0.15, 0.2) is 47.2 Å². The largest absolute Gasteiger partial charge is 0.380 e. The first-order chi connectivity index (χ1) is 16.9. The minimum Gasteiger partial charge on any atom is -0.380 e. The molecule has 36 heavy (non-hydrogen) atoms. The minimum absolute atomic E-state index is 0.0631. The van der Waals surface area contributed by atoms with Crippen LogP contribution in [0.1, 0.15) is 62.6 Å². The maximum absolute atomic E-state index is 12.5. The highest BCUT2D eigenvalue weighted by Crippen LogP contribution is 2.50. The molecule has 0 aliphatic carbocycles. The van der Waals surface area contributed by atoms with Crippen molar-refractivity contribution in [2.45, 2.75) is 51.0 Å². The first-order valence-corrected chi connectivity index (χ1v) is 12.5. The van der Waals surface area contributed by atoms with E-state index in [0.717, 1.165) is 18.7 Å². The number of aliphatic hydroxyl groups is 1. The van der Waals surface area contributed by atoms with E-state index in [9.17, 15) is 9.90 Å². The Bertz CT molecular complexity index is 1280. The third-order valence-corrected chi connectivity index (χ3v) is 8.02. The average molecular weight is 490 g/mol. The summed E-state index contributed by atoms with van der Waals surface area (Å²) in [5.41, 5.74) is 1.26. The maximum Gasteiger partial charge on any atom is 0.235 e. The molecule has 4 heterocycles. The monoisotopic (exact) mass is 489 g/mol. The summed E-state index contributed by atoms with van der Waals surface area (Å²) in [4.78, 5) is 25.2. The second-order valence-electron chi connectivity index (χ2n) is 11.6. The predicted molar refractivity (Wildman–Crippen MR) is 136 cm³/mol. The van der Waals surface area contributed by atoms with Crippen molar-refractivity contribution in [2.24, 2.45) is 5.41 Å². The van der Waals surface area contributed by atoms with Gasteiger partial charge in [-0.25, -0.2) is 0 Å². The van der Waals surface area contributed by atoms with Crippen LogP contribution in [0.3, 0.4) is 0 Å². The van der Waals surface area contributed by atoms with Gasteiger partial charge in [-0.1, -0.05) is 50.2 Å². The molecule has 1 aromatic carbocycles. The third-order valence-electron chi connectivity index (χ3n) is 8.02. The molecule has 2 aliphatic rings. The molecule has 2 saturated heterocycles. The summed E-state index contributed by atoms with van der Waals surface area (Å²) in [6.45, 7) is 10.5. The number of pyridine rings is 1. The van der Waals surface area contributed by atoms with E-state index in [0.29, 0.717) is 41.7 Å². The summed E-state index contributed by atoms with van der Waals surface area (Å²) in [5.74, 6) is 1.31. The van der Waals surface area contributed by atoms with Crippen LogP contribution >= 0.6 is 0 Å². The van der Waals surface area contributed by atoms with E-state index in [1.54, 1.807) is 24.3 Å². The Morgan fingerprint density at radius 3 is 2.33 bits per heavy atom. The number of hydrogen-bond donors (Lipinski definition) is 1. The Morgan fingerprint density at radius 1 is 1.06 bits per heavy atom. The minimum atomic E-state index is -1.25. The predicted octanol–water partition coefficient (Wildman–Crippen LogP) is 3.56. The van der Waals surface area contributed by atoms with E-state index in [1.165, 1.54) is 5.56 Å². The van der Waals surface area contributed by atoms with Crippen molar-refractivity contribution in [3.05, 3.63) is 65.3 Å². The SMILES string of the molecule is CC(C)c1ccc(C(O)(c2cncc(-c3noc([C@]4(C)CC(=O)N(C)C4)n3)c2)C2(C)CN(C)C2)cc1. The molecule has 0 saturated carbocycles. The zero-order valence-electron chi connectivity index (χ0n) is 21.9. The fourth-order valence-corrected chi connectivity index (χ4v) is 5.97. The molecular formula is C28H35N5O3. The van der Waals surface area contributed by atoms with Crippen molar-refractivity contribution >= 4 is 5.91 Å². The van der Waals surface area contributed by atoms with Gasteiger partial charge in [-0.3, -0.25) is 9.78 Å². The molecule has 2 atom stereocenters. The van der Waals surface area contributed by atoms with Gasteiger partial charge in [0.25, 0.3) is 0 Å². The number of hydrogen-bond acceptors (Lipinski definition) is 7. The van der Waals surface area contributed by atoms with Gasteiger partial charge in [0, 0.05) is 62.0 Å². The van der Waals surface area contributed by atoms with Crippen LogP contribution in [0.4, 0.5) is 0 Å². The normalized spacial score (nSPS) is 23.7. The number of carbonyl (C=O) groups is 1. The molecule has 8 nitrogen and oxygen atoms in total. The quantitative estimate of drug-likeness (QED) is 0.566. The van der Waals surface area contributed by atoms with Crippen LogP contribution in [-0.2, 0) is 15.8 Å². The number of nitrogens with zero attached hydrogens (tertiary/aromatic N) is 5. The molecule has 3 aromatic rings. The highest BCUT2D eigenvalue weighted by molar-refractivity contribution is 5.80. The first-order valence-electron chi connectivity index (χ1n) is 12.5. The topological polar surface area (TPSA) is 95.6 Å². The molecule has 1 amide bonds. The van der Waals surface area contributed by atoms with Gasteiger partial charge in [-0.15, -0.1) is 0 Å². The van der Waals surface area contributed by atoms with E-state index in [2.05, 4.69) is 60.0 Å². The van der Waals surface area contributed by atoms with E-state index >= 15 is 0 Å². The fourth-order valence-electron chi connectivity index (χ4n) is 5.97. The van der Waals surface area contributed by atoms with Crippen LogP contribution in [-0.4, -0.2) is 69.7 Å². The molecule has 2 aliphatic heterocycles. The number of aromatic nitrogens is 3. The summed E-state index contributed by atoms with van der Waals surface area (Å²) in [6.07, 6.45) is 3.75. The summed E-state index contributed by atoms with van der Waals surface area (Å²) in [5, 5.41) is 16.7. The highest BCUT2D eigenvalue weighted by atomic mass is 16.5. The zero-order chi connectivity index (χ0) is 25.9. The Hall–Kier alpha value is -3.10. The number of likely N-dealkylation sites (tertiary alicyclic amines) is 2. The molecule has 8 heteroatoms. The van der Waals surface area contributed by atoms with Crippen molar-refractivity contribution in [2.75, 3.05) is 33.7 Å². The molecular weight excluding hydrogens is 454 g/mol. The van der Waals surface area contributed by atoms with Crippen LogP contribution in [0.5, 0.6) is 0 Å². The van der Waals surface area contributed by atoms with Gasteiger partial charge < -0.3 is 19.4 Å². The lowest BCUT2D eigenvalue weighted by atomic mass is 9.62. The van der Waals surface area contributed by atoms with Crippen molar-refractivity contribution < 1.29 is 14.4 Å². The lowest BCUT2D eigenvalue weighted by Crippen LogP contribution is -2.63. The van der Waals surface area contributed by atoms with Crippen molar-refractivity contribution in [3.63, 3.8) is 0 Å². The van der Waals surface area contributed by atoms with E-state index in [-0.39, 0.29) is 5.91 Å². The molecule has 190 valence electrons. The van der Waals surface area contributed by atoms with E-state index in [4.69, 9.17) is 4.52 Å². The highest BCUT2D eigenvalue weighted by Gasteiger charge is 2.55. The molecule has 1 unspecified atom stereocenters. The second kappa shape index (κ2) is 8.49. The summed E-state index contributed by atoms with van der Waals surface area (Å²) in [6, 6.07) is 10.2. The van der Waals surface area contributed by atoms with Crippen molar-refractivity contribution in [1.82, 2.24) is 24.9 Å². The number of rotatable bonds is 6. The average Bonchev–Trinajstić information content (AvgIpc) is 3.43. The van der Waals surface area contributed by atoms with Gasteiger partial charge in [0.15, 0.2) is 0 Å². The molecule has 5 rings (SSSR count). The van der Waals surface area contributed by atoms with E-state index in [1.807, 2.05) is 25.1 Å². The molecule has 2 fully saturated rings. The van der Waals surface area contributed by atoms with Gasteiger partial charge in [0.1, 0.15) is 5.60 Å². The number of benzene rings is 1. The number of amides is 1. The molecule has 0 spiro atoms. The van der Waals surface area contributed by atoms with Gasteiger partial charge in [-0.2, -0.15) is 4.98 Å². The number of carbonyl (C=O) groups excluding carboxylic acids is 1. The Labute approximate surface area is 212 Å². The molecule has 0 radical (unpaired) electrons. The first kappa shape index (κ1) is 24.6. The van der Waals surface area contributed by atoms with Crippen LogP contribution < -0.4 is 0 Å². The Kier molecular flexibility index (Phi) is 5.80. The Morgan fingerprint density at radius 2 is 1.75 bits per heavy atom. The fraction of sp³-hybridized carbons (Fsp3) is 0.500. The van der Waals surface area contributed by atoms with E-state index < -0.39 is 16.4 Å².